The summed E-state index contributed by atoms with van der Waals surface area (Å²) >= 11 is 1.77. The molecule has 0 atom stereocenters. The van der Waals surface area contributed by atoms with E-state index in [-0.39, 0.29) is 0 Å². The van der Waals surface area contributed by atoms with Crippen molar-refractivity contribution < 1.29 is 19.0 Å². The molecule has 0 unspecified atom stereocenters. The van der Waals surface area contributed by atoms with E-state index in [0.29, 0.717) is 19.1 Å². The first-order valence-electron chi connectivity index (χ1n) is 9.81. The molecule has 2 aromatic rings. The Morgan fingerprint density at radius 1 is 1.21 bits per heavy atom. The molecule has 1 aliphatic heterocycles. The zero-order valence-corrected chi connectivity index (χ0v) is 17.9. The summed E-state index contributed by atoms with van der Waals surface area (Å²) in [5, 5.41) is 1.10. The second kappa shape index (κ2) is 9.16. The highest BCUT2D eigenvalue weighted by Gasteiger charge is 2.41. The monoisotopic (exact) mass is 403 g/mol. The predicted molar refractivity (Wildman–Crippen MR) is 110 cm³/mol. The van der Waals surface area contributed by atoms with Gasteiger partial charge in [0.15, 0.2) is 0 Å². The lowest BCUT2D eigenvalue weighted by Gasteiger charge is -2.35. The van der Waals surface area contributed by atoms with Gasteiger partial charge >= 0.3 is 5.97 Å². The van der Waals surface area contributed by atoms with Gasteiger partial charge in [-0.05, 0) is 33.1 Å². The summed E-state index contributed by atoms with van der Waals surface area (Å²) in [5.41, 5.74) is 3.66. The van der Waals surface area contributed by atoms with E-state index < -0.39 is 11.8 Å². The molecule has 0 aliphatic carbocycles. The molecule has 0 spiro atoms. The first-order valence-corrected chi connectivity index (χ1v) is 10.6. The van der Waals surface area contributed by atoms with Gasteiger partial charge in [-0.25, -0.2) is 9.78 Å². The number of thiazole rings is 1. The Hall–Kier alpha value is -1.76. The van der Waals surface area contributed by atoms with Crippen LogP contribution in [0.15, 0.2) is 24.3 Å². The summed E-state index contributed by atoms with van der Waals surface area (Å²) in [6.45, 7) is 6.92. The van der Waals surface area contributed by atoms with E-state index in [4.69, 9.17) is 19.2 Å². The molecule has 1 aliphatic rings. The van der Waals surface area contributed by atoms with Gasteiger partial charge in [-0.15, -0.1) is 11.3 Å². The standard InChI is InChI=1S/C22H29NO4S/c1-15-9-11-18(12-10-15)20-23-19(16(2)28-20)8-6-5-7-17-13-26-22(3,27-14-17)21(24)25-4/h9-12,17H,5-8,13-14H2,1-4H3. The molecule has 0 bridgehead atoms. The highest BCUT2D eigenvalue weighted by Crippen LogP contribution is 2.29. The fourth-order valence-corrected chi connectivity index (χ4v) is 4.28. The van der Waals surface area contributed by atoms with Crippen molar-refractivity contribution in [3.05, 3.63) is 40.4 Å². The largest absolute Gasteiger partial charge is 0.465 e. The number of carbonyl (C=O) groups is 1. The lowest BCUT2D eigenvalue weighted by molar-refractivity contribution is -0.272. The van der Waals surface area contributed by atoms with E-state index in [1.54, 1.807) is 18.3 Å². The summed E-state index contributed by atoms with van der Waals surface area (Å²) in [4.78, 5) is 17.8. The number of nitrogens with zero attached hydrogens (tertiary/aromatic N) is 1. The Morgan fingerprint density at radius 2 is 1.89 bits per heavy atom. The molecular weight excluding hydrogens is 374 g/mol. The molecule has 3 rings (SSSR count). The highest BCUT2D eigenvalue weighted by atomic mass is 32.1. The van der Waals surface area contributed by atoms with Crippen LogP contribution in [0.5, 0.6) is 0 Å². The molecule has 28 heavy (non-hydrogen) atoms. The van der Waals surface area contributed by atoms with Crippen molar-refractivity contribution >= 4 is 17.3 Å². The van der Waals surface area contributed by atoms with Gasteiger partial charge in [0.2, 0.25) is 0 Å². The van der Waals surface area contributed by atoms with Crippen LogP contribution in [0, 0.1) is 19.8 Å². The zero-order chi connectivity index (χ0) is 20.1. The topological polar surface area (TPSA) is 57.7 Å². The van der Waals surface area contributed by atoms with E-state index in [2.05, 4.69) is 38.1 Å². The van der Waals surface area contributed by atoms with Gasteiger partial charge in [0.25, 0.3) is 5.79 Å². The van der Waals surface area contributed by atoms with Crippen molar-refractivity contribution in [3.8, 4) is 10.6 Å². The number of hydrogen-bond donors (Lipinski definition) is 0. The molecule has 0 saturated carbocycles. The minimum atomic E-state index is -1.25. The lowest BCUT2D eigenvalue weighted by atomic mass is 10.0. The number of methoxy groups -OCH3 is 1. The Kier molecular flexibility index (Phi) is 6.86. The van der Waals surface area contributed by atoms with Crippen LogP contribution in [0.1, 0.15) is 42.3 Å². The molecule has 0 amide bonds. The molecule has 1 saturated heterocycles. The van der Waals surface area contributed by atoms with Gasteiger partial charge in [-0.3, -0.25) is 0 Å². The third-order valence-electron chi connectivity index (χ3n) is 5.21. The van der Waals surface area contributed by atoms with Gasteiger partial charge < -0.3 is 14.2 Å². The van der Waals surface area contributed by atoms with Gasteiger partial charge in [-0.2, -0.15) is 0 Å². The van der Waals surface area contributed by atoms with Crippen LogP contribution in [-0.2, 0) is 25.4 Å². The van der Waals surface area contributed by atoms with E-state index in [0.717, 1.165) is 30.7 Å². The van der Waals surface area contributed by atoms with Crippen LogP contribution < -0.4 is 0 Å². The van der Waals surface area contributed by atoms with E-state index in [9.17, 15) is 4.79 Å². The van der Waals surface area contributed by atoms with Gasteiger partial charge in [0.05, 0.1) is 26.0 Å². The SMILES string of the molecule is COC(=O)C1(C)OCC(CCCCc2nc(-c3ccc(C)cc3)sc2C)CO1. The number of rotatable bonds is 7. The van der Waals surface area contributed by atoms with Crippen molar-refractivity contribution in [3.63, 3.8) is 0 Å². The van der Waals surface area contributed by atoms with Crippen molar-refractivity contribution in [2.24, 2.45) is 5.92 Å². The number of carbonyl (C=O) groups excluding carboxylic acids is 1. The van der Waals surface area contributed by atoms with E-state index in [1.807, 2.05) is 0 Å². The average molecular weight is 404 g/mol. The minimum Gasteiger partial charge on any atom is -0.465 e. The van der Waals surface area contributed by atoms with Crippen LogP contribution in [-0.4, -0.2) is 37.1 Å². The molecule has 1 aromatic carbocycles. The second-order valence-electron chi connectivity index (χ2n) is 7.56. The molecule has 152 valence electrons. The normalized spacial score (nSPS) is 22.2. The van der Waals surface area contributed by atoms with Crippen molar-refractivity contribution in [2.45, 2.75) is 52.2 Å². The Balaban J connectivity index is 1.44. The van der Waals surface area contributed by atoms with Gasteiger partial charge in [0.1, 0.15) is 5.01 Å². The maximum Gasteiger partial charge on any atom is 0.366 e. The Bertz CT molecular complexity index is 791. The van der Waals surface area contributed by atoms with Crippen LogP contribution in [0.3, 0.4) is 0 Å². The number of aromatic nitrogens is 1. The van der Waals surface area contributed by atoms with Gasteiger partial charge in [0, 0.05) is 23.3 Å². The number of benzene rings is 1. The van der Waals surface area contributed by atoms with Crippen LogP contribution in [0.4, 0.5) is 0 Å². The predicted octanol–water partition coefficient (Wildman–Crippen LogP) is 4.69. The van der Waals surface area contributed by atoms with E-state index >= 15 is 0 Å². The average Bonchev–Trinajstić information content (AvgIpc) is 3.07. The summed E-state index contributed by atoms with van der Waals surface area (Å²) in [5.74, 6) is -1.42. The first kappa shape index (κ1) is 21.0. The number of unbranched alkanes of at least 4 members (excludes halogenated alkanes) is 1. The summed E-state index contributed by atoms with van der Waals surface area (Å²) in [6.07, 6.45) is 4.18. The van der Waals surface area contributed by atoms with Crippen LogP contribution in [0.2, 0.25) is 0 Å². The molecule has 6 heteroatoms. The number of esters is 1. The maximum absolute atomic E-state index is 11.7. The molecule has 1 fully saturated rings. The van der Waals surface area contributed by atoms with Crippen LogP contribution in [0.25, 0.3) is 10.6 Å². The zero-order valence-electron chi connectivity index (χ0n) is 17.1. The third-order valence-corrected chi connectivity index (χ3v) is 6.27. The minimum absolute atomic E-state index is 0.317. The second-order valence-corrected chi connectivity index (χ2v) is 8.76. The molecule has 2 heterocycles. The first-order chi connectivity index (χ1) is 13.4. The quantitative estimate of drug-likeness (QED) is 0.496. The fraction of sp³-hybridized carbons (Fsp3) is 0.545. The smallest absolute Gasteiger partial charge is 0.366 e. The summed E-state index contributed by atoms with van der Waals surface area (Å²) in [7, 11) is 1.34. The molecule has 5 nitrogen and oxygen atoms in total. The molecule has 1 aromatic heterocycles. The van der Waals surface area contributed by atoms with Crippen molar-refractivity contribution in [1.29, 1.82) is 0 Å². The number of ether oxygens (including phenoxy) is 3. The summed E-state index contributed by atoms with van der Waals surface area (Å²) < 4.78 is 16.0. The Morgan fingerprint density at radius 3 is 2.54 bits per heavy atom. The van der Waals surface area contributed by atoms with Crippen molar-refractivity contribution in [2.75, 3.05) is 20.3 Å². The third kappa shape index (κ3) is 4.99. The van der Waals surface area contributed by atoms with Crippen LogP contribution >= 0.6 is 11.3 Å². The maximum atomic E-state index is 11.7. The number of hydrogen-bond acceptors (Lipinski definition) is 6. The summed E-state index contributed by atoms with van der Waals surface area (Å²) in [6, 6.07) is 8.54. The number of aryl methyl sites for hydroxylation is 3. The molecule has 0 N–H and O–H groups in total. The molecular formula is C22H29NO4S. The molecule has 0 radical (unpaired) electrons. The highest BCUT2D eigenvalue weighted by molar-refractivity contribution is 7.15. The van der Waals surface area contributed by atoms with E-state index in [1.165, 1.54) is 28.8 Å². The Labute approximate surface area is 171 Å². The fourth-order valence-electron chi connectivity index (χ4n) is 3.32. The van der Waals surface area contributed by atoms with Crippen molar-refractivity contribution in [1.82, 2.24) is 4.98 Å². The van der Waals surface area contributed by atoms with Gasteiger partial charge in [-0.1, -0.05) is 36.2 Å². The lowest BCUT2D eigenvalue weighted by Crippen LogP contribution is -2.48.